The third-order valence-corrected chi connectivity index (χ3v) is 5.24. The van der Waals surface area contributed by atoms with Crippen LogP contribution in [0.4, 0.5) is 0 Å². The molecule has 1 aliphatic heterocycles. The van der Waals surface area contributed by atoms with Crippen LogP contribution in [0.5, 0.6) is 0 Å². The van der Waals surface area contributed by atoms with Crippen LogP contribution in [0, 0.1) is 19.3 Å². The first kappa shape index (κ1) is 13.6. The molecule has 1 spiro atoms. The summed E-state index contributed by atoms with van der Waals surface area (Å²) in [5.41, 5.74) is 1.83. The van der Waals surface area contributed by atoms with E-state index in [4.69, 9.17) is 4.52 Å². The van der Waals surface area contributed by atoms with E-state index in [9.17, 15) is 9.90 Å². The Kier molecular flexibility index (Phi) is 3.32. The summed E-state index contributed by atoms with van der Waals surface area (Å²) >= 11 is 0. The molecule has 2 heterocycles. The quantitative estimate of drug-likeness (QED) is 0.892. The Morgan fingerprint density at radius 1 is 1.40 bits per heavy atom. The fourth-order valence-corrected chi connectivity index (χ4v) is 3.48. The maximum atomic E-state index is 12.4. The van der Waals surface area contributed by atoms with Crippen LogP contribution in [0.25, 0.3) is 0 Å². The van der Waals surface area contributed by atoms with Gasteiger partial charge in [-0.1, -0.05) is 5.16 Å². The van der Waals surface area contributed by atoms with Crippen LogP contribution in [0.3, 0.4) is 0 Å². The number of likely N-dealkylation sites (tertiary alicyclic amines) is 1. The molecule has 0 bridgehead atoms. The summed E-state index contributed by atoms with van der Waals surface area (Å²) in [6, 6.07) is 0. The Morgan fingerprint density at radius 2 is 2.10 bits per heavy atom. The van der Waals surface area contributed by atoms with E-state index >= 15 is 0 Å². The van der Waals surface area contributed by atoms with Gasteiger partial charge >= 0.3 is 0 Å². The van der Waals surface area contributed by atoms with Crippen molar-refractivity contribution >= 4 is 5.91 Å². The monoisotopic (exact) mass is 278 g/mol. The van der Waals surface area contributed by atoms with Gasteiger partial charge in [-0.3, -0.25) is 4.79 Å². The van der Waals surface area contributed by atoms with E-state index in [1.165, 1.54) is 0 Å². The average molecular weight is 278 g/mol. The van der Waals surface area contributed by atoms with E-state index in [0.717, 1.165) is 55.8 Å². The molecule has 2 aliphatic rings. The van der Waals surface area contributed by atoms with Crippen LogP contribution in [0.15, 0.2) is 4.52 Å². The van der Waals surface area contributed by atoms with Gasteiger partial charge in [-0.05, 0) is 44.9 Å². The van der Waals surface area contributed by atoms with E-state index in [0.29, 0.717) is 6.42 Å². The van der Waals surface area contributed by atoms with Gasteiger partial charge in [0.2, 0.25) is 5.91 Å². The smallest absolute Gasteiger partial charge is 0.227 e. The fraction of sp³-hybridized carbons (Fsp3) is 0.733. The van der Waals surface area contributed by atoms with Gasteiger partial charge < -0.3 is 14.5 Å². The lowest BCUT2D eigenvalue weighted by molar-refractivity contribution is -0.140. The highest BCUT2D eigenvalue weighted by atomic mass is 16.5. The molecule has 1 saturated carbocycles. The molecule has 3 rings (SSSR count). The van der Waals surface area contributed by atoms with Gasteiger partial charge in [0, 0.05) is 18.7 Å². The summed E-state index contributed by atoms with van der Waals surface area (Å²) < 4.78 is 5.10. The van der Waals surface area contributed by atoms with Crippen LogP contribution in [0.2, 0.25) is 0 Å². The number of aromatic nitrogens is 1. The number of nitrogens with zero attached hydrogens (tertiary/aromatic N) is 2. The van der Waals surface area contributed by atoms with Crippen molar-refractivity contribution in [3.05, 3.63) is 17.0 Å². The van der Waals surface area contributed by atoms with Gasteiger partial charge in [-0.25, -0.2) is 0 Å². The number of carbonyl (C=O) groups is 1. The zero-order valence-electron chi connectivity index (χ0n) is 12.2. The molecule has 1 aromatic heterocycles. The molecule has 2 fully saturated rings. The Balaban J connectivity index is 1.60. The molecule has 1 saturated heterocycles. The van der Waals surface area contributed by atoms with E-state index < -0.39 is 0 Å². The number of aliphatic hydroxyl groups is 1. The lowest BCUT2D eigenvalue weighted by atomic mass is 9.61. The third-order valence-electron chi connectivity index (χ3n) is 5.24. The van der Waals surface area contributed by atoms with Gasteiger partial charge in [0.15, 0.2) is 0 Å². The Morgan fingerprint density at radius 3 is 2.55 bits per heavy atom. The Bertz CT molecular complexity index is 496. The van der Waals surface area contributed by atoms with Crippen molar-refractivity contribution < 1.29 is 14.4 Å². The zero-order valence-corrected chi connectivity index (χ0v) is 12.2. The predicted molar refractivity (Wildman–Crippen MR) is 73.2 cm³/mol. The van der Waals surface area contributed by atoms with Crippen LogP contribution < -0.4 is 0 Å². The van der Waals surface area contributed by atoms with Crippen molar-refractivity contribution in [2.24, 2.45) is 5.41 Å². The lowest BCUT2D eigenvalue weighted by Gasteiger charge is -2.51. The second-order valence-electron chi connectivity index (χ2n) is 6.28. The molecule has 5 nitrogen and oxygen atoms in total. The fourth-order valence-electron chi connectivity index (χ4n) is 3.48. The van der Waals surface area contributed by atoms with Crippen molar-refractivity contribution in [3.63, 3.8) is 0 Å². The number of carbonyl (C=O) groups excluding carboxylic acids is 1. The van der Waals surface area contributed by atoms with Crippen molar-refractivity contribution in [2.45, 2.75) is 52.1 Å². The molecule has 1 aromatic rings. The van der Waals surface area contributed by atoms with Gasteiger partial charge in [-0.2, -0.15) is 0 Å². The van der Waals surface area contributed by atoms with Gasteiger partial charge in [0.1, 0.15) is 5.76 Å². The second-order valence-corrected chi connectivity index (χ2v) is 6.28. The molecule has 1 atom stereocenters. The van der Waals surface area contributed by atoms with Crippen molar-refractivity contribution in [2.75, 3.05) is 13.1 Å². The Labute approximate surface area is 118 Å². The van der Waals surface area contributed by atoms with Gasteiger partial charge in [0.05, 0.1) is 18.2 Å². The van der Waals surface area contributed by atoms with E-state index in [2.05, 4.69) is 5.16 Å². The number of aliphatic hydroxyl groups excluding tert-OH is 1. The minimum Gasteiger partial charge on any atom is -0.393 e. The molecular formula is C15H22N2O3. The number of hydrogen-bond acceptors (Lipinski definition) is 4. The minimum atomic E-state index is -0.151. The highest BCUT2D eigenvalue weighted by Gasteiger charge is 2.47. The summed E-state index contributed by atoms with van der Waals surface area (Å²) in [6.07, 6.45) is 4.12. The molecule has 1 unspecified atom stereocenters. The predicted octanol–water partition coefficient (Wildman–Crippen LogP) is 1.60. The topological polar surface area (TPSA) is 66.6 Å². The van der Waals surface area contributed by atoms with E-state index in [1.54, 1.807) is 0 Å². The zero-order chi connectivity index (χ0) is 14.3. The van der Waals surface area contributed by atoms with E-state index in [1.807, 2.05) is 18.7 Å². The van der Waals surface area contributed by atoms with Gasteiger partial charge in [-0.15, -0.1) is 0 Å². The molecule has 0 radical (unpaired) electrons. The summed E-state index contributed by atoms with van der Waals surface area (Å²) in [5, 5.41) is 13.8. The number of rotatable bonds is 2. The van der Waals surface area contributed by atoms with Crippen LogP contribution in [-0.2, 0) is 11.2 Å². The highest BCUT2D eigenvalue weighted by molar-refractivity contribution is 5.79. The molecule has 20 heavy (non-hydrogen) atoms. The first-order chi connectivity index (χ1) is 9.52. The summed E-state index contributed by atoms with van der Waals surface area (Å²) in [6.45, 7) is 5.24. The SMILES string of the molecule is Cc1noc(C)c1CC(=O)N1CCC2(CCC2O)CC1. The maximum absolute atomic E-state index is 12.4. The molecular weight excluding hydrogens is 256 g/mol. The molecule has 1 amide bonds. The number of amides is 1. The number of hydrogen-bond donors (Lipinski definition) is 1. The van der Waals surface area contributed by atoms with Crippen molar-refractivity contribution in [1.29, 1.82) is 0 Å². The minimum absolute atomic E-state index is 0.111. The van der Waals surface area contributed by atoms with E-state index in [-0.39, 0.29) is 17.4 Å². The first-order valence-corrected chi connectivity index (χ1v) is 7.39. The standard InChI is InChI=1S/C15H22N2O3/c1-10-12(11(2)20-16-10)9-14(19)17-7-5-15(6-8-17)4-3-13(15)18/h13,18H,3-9H2,1-2H3. The molecule has 5 heteroatoms. The van der Waals surface area contributed by atoms with Crippen molar-refractivity contribution in [1.82, 2.24) is 10.1 Å². The average Bonchev–Trinajstić information content (AvgIpc) is 2.77. The molecule has 0 aromatic carbocycles. The van der Waals surface area contributed by atoms with Crippen LogP contribution in [-0.4, -0.2) is 40.3 Å². The van der Waals surface area contributed by atoms with Crippen LogP contribution >= 0.6 is 0 Å². The highest BCUT2D eigenvalue weighted by Crippen LogP contribution is 2.49. The summed E-state index contributed by atoms with van der Waals surface area (Å²) in [7, 11) is 0. The third kappa shape index (κ3) is 2.14. The number of piperidine rings is 1. The summed E-state index contributed by atoms with van der Waals surface area (Å²) in [5.74, 6) is 0.877. The number of aryl methyl sites for hydroxylation is 2. The van der Waals surface area contributed by atoms with Crippen LogP contribution in [0.1, 0.15) is 42.7 Å². The molecule has 1 aliphatic carbocycles. The molecule has 1 N–H and O–H groups in total. The Hall–Kier alpha value is -1.36. The molecule has 110 valence electrons. The van der Waals surface area contributed by atoms with Gasteiger partial charge in [0.25, 0.3) is 0 Å². The first-order valence-electron chi connectivity index (χ1n) is 7.39. The second kappa shape index (κ2) is 4.88. The lowest BCUT2D eigenvalue weighted by Crippen LogP contribution is -2.53. The largest absolute Gasteiger partial charge is 0.393 e. The normalized spacial score (nSPS) is 24.8. The van der Waals surface area contributed by atoms with Crippen molar-refractivity contribution in [3.8, 4) is 0 Å². The summed E-state index contributed by atoms with van der Waals surface area (Å²) in [4.78, 5) is 14.3. The maximum Gasteiger partial charge on any atom is 0.227 e.